The van der Waals surface area contributed by atoms with Crippen molar-refractivity contribution in [3.05, 3.63) is 96.2 Å². The summed E-state index contributed by atoms with van der Waals surface area (Å²) in [6.45, 7) is 7.96. The molecule has 0 saturated heterocycles. The van der Waals surface area contributed by atoms with Crippen molar-refractivity contribution in [3.63, 3.8) is 0 Å². The lowest BCUT2D eigenvalue weighted by Crippen LogP contribution is -2.33. The van der Waals surface area contributed by atoms with Crippen molar-refractivity contribution in [2.45, 2.75) is 45.3 Å². The molecule has 3 nitrogen and oxygen atoms in total. The number of hydrogen-bond donors (Lipinski definition) is 1. The van der Waals surface area contributed by atoms with Crippen LogP contribution in [-0.2, 0) is 0 Å². The van der Waals surface area contributed by atoms with Crippen LogP contribution in [0.1, 0.15) is 50.8 Å². The number of pyridine rings is 1. The first-order valence-corrected chi connectivity index (χ1v) is 10.8. The molecule has 0 saturated carbocycles. The Kier molecular flexibility index (Phi) is 5.79. The lowest BCUT2D eigenvalue weighted by molar-refractivity contribution is -0.0354. The van der Waals surface area contributed by atoms with Gasteiger partial charge in [-0.2, -0.15) is 0 Å². The van der Waals surface area contributed by atoms with Crippen molar-refractivity contribution in [1.29, 1.82) is 0 Å². The highest BCUT2D eigenvalue weighted by Gasteiger charge is 2.30. The van der Waals surface area contributed by atoms with Crippen molar-refractivity contribution < 1.29 is 9.84 Å². The van der Waals surface area contributed by atoms with Gasteiger partial charge in [-0.15, -0.1) is 0 Å². The molecule has 1 aromatic heterocycles. The summed E-state index contributed by atoms with van der Waals surface area (Å²) < 4.78 is 6.35. The second-order valence-corrected chi connectivity index (χ2v) is 8.89. The number of hydrogen-bond acceptors (Lipinski definition) is 3. The Bertz CT molecular complexity index is 1180. The Balaban J connectivity index is 1.77. The van der Waals surface area contributed by atoms with Gasteiger partial charge in [0.05, 0.1) is 5.52 Å². The summed E-state index contributed by atoms with van der Waals surface area (Å²) in [6, 6.07) is 26.4. The van der Waals surface area contributed by atoms with Crippen LogP contribution in [0.15, 0.2) is 85.1 Å². The minimum absolute atomic E-state index is 0.417. The van der Waals surface area contributed by atoms with Gasteiger partial charge in [0, 0.05) is 17.1 Å². The van der Waals surface area contributed by atoms with Crippen LogP contribution < -0.4 is 4.74 Å². The van der Waals surface area contributed by atoms with Crippen LogP contribution in [0.5, 0.6) is 5.75 Å². The maximum atomic E-state index is 10.8. The van der Waals surface area contributed by atoms with E-state index in [0.717, 1.165) is 27.6 Å². The average molecular weight is 412 g/mol. The summed E-state index contributed by atoms with van der Waals surface area (Å²) in [5.41, 5.74) is 4.29. The van der Waals surface area contributed by atoms with Gasteiger partial charge in [-0.3, -0.25) is 4.98 Å². The molecule has 158 valence electrons. The number of aliphatic hydroxyl groups is 1. The summed E-state index contributed by atoms with van der Waals surface area (Å²) in [6.07, 6.45) is 1.35. The lowest BCUT2D eigenvalue weighted by atomic mass is 9.93. The van der Waals surface area contributed by atoms with E-state index in [1.807, 2.05) is 60.8 Å². The first-order chi connectivity index (χ1) is 14.8. The van der Waals surface area contributed by atoms with Crippen LogP contribution in [0, 0.1) is 0 Å². The number of ether oxygens (including phenoxy) is 1. The maximum Gasteiger partial charge on any atom is 0.152 e. The highest BCUT2D eigenvalue weighted by Crippen LogP contribution is 2.36. The molecule has 1 heterocycles. The van der Waals surface area contributed by atoms with Crippen LogP contribution in [0.4, 0.5) is 0 Å². The molecule has 3 aromatic carbocycles. The molecular formula is C28H29NO2. The maximum absolute atomic E-state index is 10.8. The van der Waals surface area contributed by atoms with Gasteiger partial charge in [-0.1, -0.05) is 62.4 Å². The Labute approximate surface area is 184 Å². The van der Waals surface area contributed by atoms with Crippen molar-refractivity contribution in [1.82, 2.24) is 4.98 Å². The first kappa shape index (κ1) is 21.1. The fraction of sp³-hybridized carbons (Fsp3) is 0.250. The zero-order valence-electron chi connectivity index (χ0n) is 18.5. The fourth-order valence-electron chi connectivity index (χ4n) is 3.89. The Hall–Kier alpha value is -3.17. The summed E-state index contributed by atoms with van der Waals surface area (Å²) in [5.74, 6) is 1.13. The van der Waals surface area contributed by atoms with Gasteiger partial charge in [0.25, 0.3) is 0 Å². The first-order valence-electron chi connectivity index (χ1n) is 10.8. The third kappa shape index (κ3) is 4.62. The molecule has 0 fully saturated rings. The molecule has 0 amide bonds. The van der Waals surface area contributed by atoms with Crippen LogP contribution >= 0.6 is 0 Å². The van der Waals surface area contributed by atoms with Crippen molar-refractivity contribution >= 4 is 10.9 Å². The van der Waals surface area contributed by atoms with E-state index in [1.54, 1.807) is 13.8 Å². The van der Waals surface area contributed by atoms with Gasteiger partial charge in [0.15, 0.2) is 6.10 Å². The predicted molar refractivity (Wildman–Crippen MR) is 127 cm³/mol. The number of fused-ring (bicyclic) bond motifs is 1. The van der Waals surface area contributed by atoms with Gasteiger partial charge in [-0.25, -0.2) is 0 Å². The van der Waals surface area contributed by atoms with E-state index in [0.29, 0.717) is 11.7 Å². The van der Waals surface area contributed by atoms with Gasteiger partial charge in [0.1, 0.15) is 11.4 Å². The lowest BCUT2D eigenvalue weighted by Gasteiger charge is -2.30. The molecule has 0 aliphatic heterocycles. The Morgan fingerprint density at radius 2 is 1.61 bits per heavy atom. The van der Waals surface area contributed by atoms with Crippen molar-refractivity contribution in [2.24, 2.45) is 0 Å². The molecule has 4 rings (SSSR count). The minimum atomic E-state index is -1.04. The van der Waals surface area contributed by atoms with E-state index in [2.05, 4.69) is 43.1 Å². The third-order valence-electron chi connectivity index (χ3n) is 5.54. The van der Waals surface area contributed by atoms with Gasteiger partial charge < -0.3 is 9.84 Å². The molecule has 0 bridgehead atoms. The van der Waals surface area contributed by atoms with E-state index in [-0.39, 0.29) is 0 Å². The summed E-state index contributed by atoms with van der Waals surface area (Å²) in [7, 11) is 0. The van der Waals surface area contributed by atoms with E-state index in [1.165, 1.54) is 5.56 Å². The summed E-state index contributed by atoms with van der Waals surface area (Å²) >= 11 is 0. The van der Waals surface area contributed by atoms with Gasteiger partial charge >= 0.3 is 0 Å². The molecular weight excluding hydrogens is 382 g/mol. The van der Waals surface area contributed by atoms with Crippen LogP contribution in [0.3, 0.4) is 0 Å². The highest BCUT2D eigenvalue weighted by atomic mass is 16.5. The number of rotatable bonds is 6. The molecule has 3 heteroatoms. The van der Waals surface area contributed by atoms with Crippen LogP contribution in [-0.4, -0.2) is 15.7 Å². The number of aromatic nitrogens is 1. The number of benzene rings is 3. The second kappa shape index (κ2) is 8.52. The molecule has 1 unspecified atom stereocenters. The largest absolute Gasteiger partial charge is 0.483 e. The standard InChI is InChI=1S/C28H29NO2/c1-19(2)23-16-22-13-9-15-29-26(22)25(18-23)21-12-8-14-24(17-21)31-27(28(3,4)30)20-10-6-5-7-11-20/h5-19,27,30H,1-4H3. The fourth-order valence-corrected chi connectivity index (χ4v) is 3.89. The van der Waals surface area contributed by atoms with Crippen LogP contribution in [0.2, 0.25) is 0 Å². The minimum Gasteiger partial charge on any atom is -0.483 e. The zero-order chi connectivity index (χ0) is 22.0. The average Bonchev–Trinajstić information content (AvgIpc) is 2.76. The van der Waals surface area contributed by atoms with Gasteiger partial charge in [-0.05, 0) is 66.8 Å². The van der Waals surface area contributed by atoms with E-state index in [9.17, 15) is 5.11 Å². The molecule has 1 atom stereocenters. The molecule has 31 heavy (non-hydrogen) atoms. The smallest absolute Gasteiger partial charge is 0.152 e. The SMILES string of the molecule is CC(C)c1cc(-c2cccc(OC(c3ccccc3)C(C)(C)O)c2)c2ncccc2c1. The number of nitrogens with zero attached hydrogens (tertiary/aromatic N) is 1. The van der Waals surface area contributed by atoms with Crippen molar-refractivity contribution in [3.8, 4) is 16.9 Å². The molecule has 0 aliphatic rings. The Morgan fingerprint density at radius 3 is 2.32 bits per heavy atom. The van der Waals surface area contributed by atoms with E-state index in [4.69, 9.17) is 4.74 Å². The second-order valence-electron chi connectivity index (χ2n) is 8.89. The molecule has 0 aliphatic carbocycles. The monoisotopic (exact) mass is 411 g/mol. The topological polar surface area (TPSA) is 42.4 Å². The van der Waals surface area contributed by atoms with Crippen molar-refractivity contribution in [2.75, 3.05) is 0 Å². The van der Waals surface area contributed by atoms with Crippen LogP contribution in [0.25, 0.3) is 22.0 Å². The molecule has 1 N–H and O–H groups in total. The van der Waals surface area contributed by atoms with E-state index >= 15 is 0 Å². The summed E-state index contributed by atoms with van der Waals surface area (Å²) in [4.78, 5) is 4.65. The molecule has 4 aromatic rings. The van der Waals surface area contributed by atoms with E-state index < -0.39 is 11.7 Å². The van der Waals surface area contributed by atoms with Gasteiger partial charge in [0.2, 0.25) is 0 Å². The zero-order valence-corrected chi connectivity index (χ0v) is 18.5. The highest BCUT2D eigenvalue weighted by molar-refractivity contribution is 5.94. The third-order valence-corrected chi connectivity index (χ3v) is 5.54. The normalized spacial score (nSPS) is 12.8. The molecule has 0 radical (unpaired) electrons. The predicted octanol–water partition coefficient (Wildman–Crippen LogP) is 6.92. The summed E-state index contributed by atoms with van der Waals surface area (Å²) in [5, 5.41) is 11.9. The quantitative estimate of drug-likeness (QED) is 0.374. The molecule has 0 spiro atoms. The Morgan fingerprint density at radius 1 is 0.839 bits per heavy atom.